The summed E-state index contributed by atoms with van der Waals surface area (Å²) in [6.45, 7) is -0.729. The first kappa shape index (κ1) is 13.7. The van der Waals surface area contributed by atoms with Gasteiger partial charge in [-0.05, 0) is 12.1 Å². The molecule has 0 fully saturated rings. The molecule has 7 heteroatoms. The van der Waals surface area contributed by atoms with Crippen molar-refractivity contribution in [2.75, 3.05) is 13.2 Å². The zero-order valence-electron chi connectivity index (χ0n) is 9.87. The van der Waals surface area contributed by atoms with Crippen LogP contribution in [-0.4, -0.2) is 19.6 Å². The minimum atomic E-state index is -4.65. The molecule has 0 aliphatic rings. The van der Waals surface area contributed by atoms with Crippen LogP contribution in [0.25, 0.3) is 11.0 Å². The molecule has 0 unspecified atom stereocenters. The third-order valence-electron chi connectivity index (χ3n) is 2.40. The number of alkyl halides is 3. The summed E-state index contributed by atoms with van der Waals surface area (Å²) >= 11 is 0. The molecule has 0 radical (unpaired) electrons. The molecule has 1 aromatic carbocycles. The van der Waals surface area contributed by atoms with Gasteiger partial charge in [-0.3, -0.25) is 4.74 Å². The van der Waals surface area contributed by atoms with Gasteiger partial charge in [0.15, 0.2) is 11.5 Å². The van der Waals surface area contributed by atoms with Gasteiger partial charge in [0.05, 0.1) is 18.5 Å². The number of rotatable bonds is 5. The van der Waals surface area contributed by atoms with E-state index < -0.39 is 13.0 Å². The molecule has 104 valence electrons. The predicted molar refractivity (Wildman–Crippen MR) is 61.6 cm³/mol. The number of halogens is 3. The first-order valence-corrected chi connectivity index (χ1v) is 5.55. The van der Waals surface area contributed by atoms with Crippen molar-refractivity contribution in [1.29, 1.82) is 0 Å². The minimum Gasteiger partial charge on any atom is -0.487 e. The topological polar surface area (TPSA) is 57.6 Å². The number of fused-ring (bicyclic) bond motifs is 1. The van der Waals surface area contributed by atoms with Crippen molar-refractivity contribution in [3.05, 3.63) is 30.0 Å². The van der Waals surface area contributed by atoms with Crippen LogP contribution >= 0.6 is 0 Å². The van der Waals surface area contributed by atoms with Gasteiger partial charge in [-0.25, -0.2) is 0 Å². The molecule has 0 atom stereocenters. The van der Waals surface area contributed by atoms with Crippen molar-refractivity contribution < 1.29 is 27.1 Å². The summed E-state index contributed by atoms with van der Waals surface area (Å²) in [5.41, 5.74) is 6.08. The third-order valence-corrected chi connectivity index (χ3v) is 2.40. The molecule has 2 aromatic rings. The molecule has 0 amide bonds. The third kappa shape index (κ3) is 3.39. The summed E-state index contributed by atoms with van der Waals surface area (Å²) in [5, 5.41) is 0.676. The van der Waals surface area contributed by atoms with Crippen LogP contribution in [0, 0.1) is 0 Å². The van der Waals surface area contributed by atoms with E-state index in [1.807, 2.05) is 0 Å². The fourth-order valence-electron chi connectivity index (χ4n) is 1.67. The molecule has 0 saturated heterocycles. The molecule has 2 rings (SSSR count). The van der Waals surface area contributed by atoms with Crippen molar-refractivity contribution in [3.63, 3.8) is 0 Å². The fourth-order valence-corrected chi connectivity index (χ4v) is 1.67. The number of para-hydroxylation sites is 1. The quantitative estimate of drug-likeness (QED) is 0.852. The monoisotopic (exact) mass is 275 g/mol. The molecule has 2 N–H and O–H groups in total. The molecule has 0 spiro atoms. The highest BCUT2D eigenvalue weighted by atomic mass is 19.4. The highest BCUT2D eigenvalue weighted by Gasteiger charge is 2.28. The summed E-state index contributed by atoms with van der Waals surface area (Å²) in [6.07, 6.45) is -4.65. The Morgan fingerprint density at radius 3 is 2.58 bits per heavy atom. The Labute approximate surface area is 106 Å². The Hall–Kier alpha value is -1.73. The molecule has 19 heavy (non-hydrogen) atoms. The SMILES string of the molecule is NCc1oc2ccccc2c1OCCOC(F)(F)F. The standard InChI is InChI=1S/C12H12F3NO3/c13-12(14,15)18-6-5-17-11-8-3-1-2-4-9(8)19-10(11)7-16/h1-4H,5-7,16H2. The summed E-state index contributed by atoms with van der Waals surface area (Å²) in [7, 11) is 0. The Kier molecular flexibility index (Phi) is 3.96. The number of benzene rings is 1. The molecule has 0 saturated carbocycles. The van der Waals surface area contributed by atoms with E-state index >= 15 is 0 Å². The first-order valence-electron chi connectivity index (χ1n) is 5.55. The van der Waals surface area contributed by atoms with E-state index in [-0.39, 0.29) is 13.2 Å². The van der Waals surface area contributed by atoms with Crippen LogP contribution in [0.5, 0.6) is 5.75 Å². The van der Waals surface area contributed by atoms with Gasteiger partial charge in [0.2, 0.25) is 0 Å². The van der Waals surface area contributed by atoms with E-state index in [1.165, 1.54) is 0 Å². The molecular formula is C12H12F3NO3. The lowest BCUT2D eigenvalue weighted by Gasteiger charge is -2.08. The van der Waals surface area contributed by atoms with Crippen LogP contribution in [-0.2, 0) is 11.3 Å². The number of hydrogen-bond acceptors (Lipinski definition) is 4. The lowest BCUT2D eigenvalue weighted by atomic mass is 10.2. The lowest BCUT2D eigenvalue weighted by Crippen LogP contribution is -2.18. The average Bonchev–Trinajstić information content (AvgIpc) is 2.71. The number of nitrogens with two attached hydrogens (primary N) is 1. The van der Waals surface area contributed by atoms with Crippen LogP contribution in [0.15, 0.2) is 28.7 Å². The highest BCUT2D eigenvalue weighted by molar-refractivity contribution is 5.85. The molecule has 4 nitrogen and oxygen atoms in total. The maximum atomic E-state index is 11.8. The van der Waals surface area contributed by atoms with Gasteiger partial charge in [0, 0.05) is 0 Å². The summed E-state index contributed by atoms with van der Waals surface area (Å²) in [4.78, 5) is 0. The molecule has 0 aliphatic heterocycles. The predicted octanol–water partition coefficient (Wildman–Crippen LogP) is 2.81. The fraction of sp³-hybridized carbons (Fsp3) is 0.333. The number of furan rings is 1. The number of hydrogen-bond donors (Lipinski definition) is 1. The zero-order chi connectivity index (χ0) is 13.9. The minimum absolute atomic E-state index is 0.101. The second-order valence-electron chi connectivity index (χ2n) is 3.70. The van der Waals surface area contributed by atoms with Crippen LogP contribution in [0.3, 0.4) is 0 Å². The van der Waals surface area contributed by atoms with E-state index in [2.05, 4.69) is 4.74 Å². The molecular weight excluding hydrogens is 263 g/mol. The molecule has 0 aliphatic carbocycles. The Morgan fingerprint density at radius 2 is 1.89 bits per heavy atom. The number of ether oxygens (including phenoxy) is 2. The van der Waals surface area contributed by atoms with Gasteiger partial charge in [0.25, 0.3) is 0 Å². The Bertz CT molecular complexity index is 551. The van der Waals surface area contributed by atoms with Crippen molar-refractivity contribution in [1.82, 2.24) is 0 Å². The van der Waals surface area contributed by atoms with E-state index in [0.717, 1.165) is 0 Å². The summed E-state index contributed by atoms with van der Waals surface area (Å²) in [5.74, 6) is 0.761. The first-order chi connectivity index (χ1) is 9.01. The van der Waals surface area contributed by atoms with Crippen molar-refractivity contribution in [3.8, 4) is 5.75 Å². The van der Waals surface area contributed by atoms with Crippen molar-refractivity contribution >= 4 is 11.0 Å². The zero-order valence-corrected chi connectivity index (χ0v) is 9.87. The maximum Gasteiger partial charge on any atom is 0.522 e. The second kappa shape index (κ2) is 5.50. The second-order valence-corrected chi connectivity index (χ2v) is 3.70. The van der Waals surface area contributed by atoms with E-state index in [0.29, 0.717) is 22.5 Å². The Balaban J connectivity index is 2.07. The van der Waals surface area contributed by atoms with Crippen molar-refractivity contribution in [2.24, 2.45) is 5.73 Å². The van der Waals surface area contributed by atoms with Gasteiger partial charge < -0.3 is 14.9 Å². The summed E-state index contributed by atoms with van der Waals surface area (Å²) < 4.78 is 49.7. The molecule has 0 bridgehead atoms. The van der Waals surface area contributed by atoms with E-state index in [9.17, 15) is 13.2 Å². The highest BCUT2D eigenvalue weighted by Crippen LogP contribution is 2.32. The van der Waals surface area contributed by atoms with E-state index in [1.54, 1.807) is 24.3 Å². The van der Waals surface area contributed by atoms with Crippen LogP contribution in [0.1, 0.15) is 5.76 Å². The van der Waals surface area contributed by atoms with Crippen molar-refractivity contribution in [2.45, 2.75) is 12.9 Å². The van der Waals surface area contributed by atoms with Gasteiger partial charge in [-0.15, -0.1) is 13.2 Å². The Morgan fingerprint density at radius 1 is 1.16 bits per heavy atom. The van der Waals surface area contributed by atoms with Gasteiger partial charge in [-0.1, -0.05) is 12.1 Å². The van der Waals surface area contributed by atoms with Crippen LogP contribution in [0.2, 0.25) is 0 Å². The largest absolute Gasteiger partial charge is 0.522 e. The normalized spacial score (nSPS) is 12.0. The maximum absolute atomic E-state index is 11.8. The van der Waals surface area contributed by atoms with Gasteiger partial charge in [0.1, 0.15) is 12.2 Å². The van der Waals surface area contributed by atoms with Crippen LogP contribution in [0.4, 0.5) is 13.2 Å². The summed E-state index contributed by atoms with van der Waals surface area (Å²) in [6, 6.07) is 7.03. The van der Waals surface area contributed by atoms with E-state index in [4.69, 9.17) is 14.9 Å². The smallest absolute Gasteiger partial charge is 0.487 e. The molecule has 1 aromatic heterocycles. The molecule has 1 heterocycles. The van der Waals surface area contributed by atoms with Gasteiger partial charge >= 0.3 is 6.36 Å². The average molecular weight is 275 g/mol. The lowest BCUT2D eigenvalue weighted by molar-refractivity contribution is -0.325. The van der Waals surface area contributed by atoms with Crippen LogP contribution < -0.4 is 10.5 Å². The van der Waals surface area contributed by atoms with Gasteiger partial charge in [-0.2, -0.15) is 0 Å².